The molecule has 29 heavy (non-hydrogen) atoms. The molecule has 0 radical (unpaired) electrons. The molecule has 2 amide bonds. The maximum atomic E-state index is 12.3. The van der Waals surface area contributed by atoms with Crippen LogP contribution >= 0.6 is 11.3 Å². The summed E-state index contributed by atoms with van der Waals surface area (Å²) in [6.07, 6.45) is 0.560. The number of thiazole rings is 1. The maximum Gasteiger partial charge on any atom is 0.321 e. The number of aromatic nitrogens is 1. The molecule has 0 saturated carbocycles. The Morgan fingerprint density at radius 3 is 2.83 bits per heavy atom. The summed E-state index contributed by atoms with van der Waals surface area (Å²) in [5.74, 6) is 0.0861. The van der Waals surface area contributed by atoms with E-state index in [9.17, 15) is 13.2 Å². The number of sulfonamides is 1. The van der Waals surface area contributed by atoms with Gasteiger partial charge in [0.1, 0.15) is 0 Å². The van der Waals surface area contributed by atoms with Crippen LogP contribution in [0, 0.1) is 0 Å². The van der Waals surface area contributed by atoms with E-state index in [4.69, 9.17) is 0 Å². The van der Waals surface area contributed by atoms with Gasteiger partial charge in [-0.3, -0.25) is 5.32 Å². The predicted octanol–water partition coefficient (Wildman–Crippen LogP) is 3.33. The number of nitrogens with zero attached hydrogens (tertiary/aromatic N) is 2. The van der Waals surface area contributed by atoms with Gasteiger partial charge < -0.3 is 5.32 Å². The Balaban J connectivity index is 1.40. The van der Waals surface area contributed by atoms with Gasteiger partial charge in [0.05, 0.1) is 11.4 Å². The number of hydrogen-bond acceptors (Lipinski definition) is 5. The van der Waals surface area contributed by atoms with Crippen molar-refractivity contribution in [3.8, 4) is 0 Å². The number of rotatable bonds is 5. The molecule has 2 aromatic carbocycles. The Kier molecular flexibility index (Phi) is 5.53. The second-order valence-electron chi connectivity index (χ2n) is 6.82. The van der Waals surface area contributed by atoms with Gasteiger partial charge >= 0.3 is 6.03 Å². The van der Waals surface area contributed by atoms with E-state index < -0.39 is 10.0 Å². The molecule has 0 spiro atoms. The highest BCUT2D eigenvalue weighted by molar-refractivity contribution is 7.89. The van der Waals surface area contributed by atoms with Crippen LogP contribution in [0.3, 0.4) is 0 Å². The summed E-state index contributed by atoms with van der Waals surface area (Å²) < 4.78 is 25.7. The van der Waals surface area contributed by atoms with Crippen molar-refractivity contribution in [1.82, 2.24) is 14.6 Å². The highest BCUT2D eigenvalue weighted by Crippen LogP contribution is 2.29. The molecule has 152 valence electrons. The Bertz CT molecular complexity index is 1150. The first kappa shape index (κ1) is 19.8. The van der Waals surface area contributed by atoms with E-state index in [2.05, 4.69) is 15.6 Å². The highest BCUT2D eigenvalue weighted by Gasteiger charge is 2.28. The maximum absolute atomic E-state index is 12.3. The van der Waals surface area contributed by atoms with Crippen molar-refractivity contribution >= 4 is 43.3 Å². The van der Waals surface area contributed by atoms with Crippen LogP contribution in [-0.4, -0.2) is 36.0 Å². The number of carbonyl (C=O) groups is 1. The van der Waals surface area contributed by atoms with Crippen LogP contribution in [0.1, 0.15) is 23.1 Å². The van der Waals surface area contributed by atoms with Crippen LogP contribution in [0.15, 0.2) is 42.5 Å². The quantitative estimate of drug-likeness (QED) is 0.650. The fraction of sp³-hybridized carbons (Fsp3) is 0.300. The lowest BCUT2D eigenvalue weighted by atomic mass is 10.0. The Labute approximate surface area is 173 Å². The van der Waals surface area contributed by atoms with Gasteiger partial charge in [0.15, 0.2) is 5.13 Å². The van der Waals surface area contributed by atoms with Crippen LogP contribution < -0.4 is 10.6 Å². The molecule has 3 aromatic rings. The molecular weight excluding hydrogens is 408 g/mol. The lowest BCUT2D eigenvalue weighted by molar-refractivity contribution is 0.252. The van der Waals surface area contributed by atoms with E-state index >= 15 is 0 Å². The third-order valence-corrected chi connectivity index (χ3v) is 7.82. The highest BCUT2D eigenvalue weighted by atomic mass is 32.2. The van der Waals surface area contributed by atoms with Gasteiger partial charge in [-0.1, -0.05) is 53.8 Å². The summed E-state index contributed by atoms with van der Waals surface area (Å²) in [5.41, 5.74) is 1.90. The van der Waals surface area contributed by atoms with Gasteiger partial charge in [-0.15, -0.1) is 0 Å². The van der Waals surface area contributed by atoms with Crippen LogP contribution in [0.25, 0.3) is 10.8 Å². The minimum atomic E-state index is -3.22. The number of urea groups is 1. The third-order valence-electron chi connectivity index (χ3n) is 4.99. The summed E-state index contributed by atoms with van der Waals surface area (Å²) in [4.78, 5) is 17.7. The fourth-order valence-electron chi connectivity index (χ4n) is 3.41. The molecular formula is C20H22N4O3S2. The number of fused-ring (bicyclic) bond motifs is 2. The monoisotopic (exact) mass is 430 g/mol. The zero-order valence-corrected chi connectivity index (χ0v) is 17.6. The largest absolute Gasteiger partial charge is 0.334 e. The molecule has 0 bridgehead atoms. The van der Waals surface area contributed by atoms with Gasteiger partial charge in [0.25, 0.3) is 0 Å². The summed E-state index contributed by atoms with van der Waals surface area (Å²) in [6, 6.07) is 13.7. The van der Waals surface area contributed by atoms with Crippen molar-refractivity contribution in [2.45, 2.75) is 26.4 Å². The van der Waals surface area contributed by atoms with Crippen molar-refractivity contribution in [3.05, 3.63) is 58.6 Å². The van der Waals surface area contributed by atoms with Crippen molar-refractivity contribution in [2.75, 3.05) is 17.6 Å². The van der Waals surface area contributed by atoms with Crippen LogP contribution in [0.4, 0.5) is 9.93 Å². The van der Waals surface area contributed by atoms with E-state index in [1.54, 1.807) is 6.92 Å². The molecule has 1 aliphatic heterocycles. The molecule has 2 heterocycles. The molecule has 4 rings (SSSR count). The average molecular weight is 431 g/mol. The summed E-state index contributed by atoms with van der Waals surface area (Å²) in [5, 5.41) is 8.37. The minimum Gasteiger partial charge on any atom is -0.334 e. The van der Waals surface area contributed by atoms with Gasteiger partial charge in [-0.2, -0.15) is 4.31 Å². The molecule has 0 aliphatic carbocycles. The lowest BCUT2D eigenvalue weighted by Crippen LogP contribution is -2.36. The van der Waals surface area contributed by atoms with Gasteiger partial charge in [0, 0.05) is 30.9 Å². The van der Waals surface area contributed by atoms with Crippen LogP contribution in [0.5, 0.6) is 0 Å². The molecule has 0 unspecified atom stereocenters. The molecule has 1 aromatic heterocycles. The predicted molar refractivity (Wildman–Crippen MR) is 115 cm³/mol. The summed E-state index contributed by atoms with van der Waals surface area (Å²) >= 11 is 1.33. The SMILES string of the molecule is CCS(=O)(=O)N1CCc2nc(NC(=O)NCc3cccc4ccccc34)sc2C1. The fourth-order valence-corrected chi connectivity index (χ4v) is 5.57. The van der Waals surface area contributed by atoms with Crippen molar-refractivity contribution < 1.29 is 13.2 Å². The van der Waals surface area contributed by atoms with Crippen molar-refractivity contribution in [3.63, 3.8) is 0 Å². The molecule has 9 heteroatoms. The van der Waals surface area contributed by atoms with E-state index in [0.717, 1.165) is 26.9 Å². The topological polar surface area (TPSA) is 91.4 Å². The first-order valence-electron chi connectivity index (χ1n) is 9.44. The number of amides is 2. The number of carbonyl (C=O) groups excluding carboxylic acids is 1. The van der Waals surface area contributed by atoms with E-state index in [-0.39, 0.29) is 11.8 Å². The molecule has 1 aliphatic rings. The van der Waals surface area contributed by atoms with Crippen LogP contribution in [-0.2, 0) is 29.5 Å². The Morgan fingerprint density at radius 1 is 1.21 bits per heavy atom. The molecule has 0 saturated heterocycles. The first-order chi connectivity index (χ1) is 14.0. The second-order valence-corrected chi connectivity index (χ2v) is 10.2. The van der Waals surface area contributed by atoms with E-state index in [1.165, 1.54) is 15.6 Å². The second kappa shape index (κ2) is 8.10. The van der Waals surface area contributed by atoms with E-state index in [1.807, 2.05) is 42.5 Å². The number of anilines is 1. The Hall–Kier alpha value is -2.49. The zero-order valence-electron chi connectivity index (χ0n) is 16.0. The zero-order chi connectivity index (χ0) is 20.4. The number of hydrogen-bond donors (Lipinski definition) is 2. The molecule has 0 fully saturated rings. The van der Waals surface area contributed by atoms with E-state index in [0.29, 0.717) is 31.2 Å². The van der Waals surface area contributed by atoms with Crippen molar-refractivity contribution in [2.24, 2.45) is 0 Å². The minimum absolute atomic E-state index is 0.0861. The smallest absolute Gasteiger partial charge is 0.321 e. The van der Waals surface area contributed by atoms with Crippen molar-refractivity contribution in [1.29, 1.82) is 0 Å². The van der Waals surface area contributed by atoms with Crippen LogP contribution in [0.2, 0.25) is 0 Å². The number of benzene rings is 2. The summed E-state index contributed by atoms with van der Waals surface area (Å²) in [6.45, 7) is 2.80. The molecule has 2 N–H and O–H groups in total. The number of nitrogens with one attached hydrogen (secondary N) is 2. The lowest BCUT2D eigenvalue weighted by Gasteiger charge is -2.24. The summed E-state index contributed by atoms with van der Waals surface area (Å²) in [7, 11) is -3.22. The van der Waals surface area contributed by atoms with Gasteiger partial charge in [0.2, 0.25) is 10.0 Å². The van der Waals surface area contributed by atoms with Gasteiger partial charge in [-0.25, -0.2) is 18.2 Å². The average Bonchev–Trinajstić information content (AvgIpc) is 3.13. The Morgan fingerprint density at radius 2 is 2.00 bits per heavy atom. The third kappa shape index (κ3) is 4.26. The normalized spacial score (nSPS) is 14.5. The standard InChI is InChI=1S/C20H22N4O3S2/c1-2-29(26,27)24-11-10-17-18(13-24)28-20(22-17)23-19(25)21-12-15-8-5-7-14-6-3-4-9-16(14)15/h3-9H,2,10-13H2,1H3,(H2,21,22,23,25). The first-order valence-corrected chi connectivity index (χ1v) is 11.9. The molecule has 7 nitrogen and oxygen atoms in total. The van der Waals surface area contributed by atoms with Gasteiger partial charge in [-0.05, 0) is 23.3 Å². The molecule has 0 atom stereocenters.